The lowest BCUT2D eigenvalue weighted by molar-refractivity contribution is -0.0498. The zero-order valence-electron chi connectivity index (χ0n) is 14.1. The molecule has 0 spiro atoms. The number of amides is 1. The van der Waals surface area contributed by atoms with Gasteiger partial charge in [0.25, 0.3) is 5.91 Å². The van der Waals surface area contributed by atoms with Crippen molar-refractivity contribution in [2.24, 2.45) is 0 Å². The molecule has 1 aliphatic heterocycles. The second-order valence-corrected chi connectivity index (χ2v) is 6.53. The highest BCUT2D eigenvalue weighted by molar-refractivity contribution is 6.30. The van der Waals surface area contributed by atoms with Gasteiger partial charge in [0.1, 0.15) is 5.75 Å². The van der Waals surface area contributed by atoms with Crippen LogP contribution in [0.5, 0.6) is 5.75 Å². The fourth-order valence-electron chi connectivity index (χ4n) is 2.92. The van der Waals surface area contributed by atoms with Crippen molar-refractivity contribution in [1.29, 1.82) is 0 Å². The van der Waals surface area contributed by atoms with Crippen LogP contribution in [0.1, 0.15) is 15.9 Å². The molecule has 1 amide bonds. The van der Waals surface area contributed by atoms with Crippen molar-refractivity contribution >= 4 is 17.5 Å². The molecule has 0 aromatic heterocycles. The molecule has 0 bridgehead atoms. The lowest BCUT2D eigenvalue weighted by Crippen LogP contribution is -2.48. The average Bonchev–Trinajstić information content (AvgIpc) is 2.64. The maximum Gasteiger partial charge on any atom is 0.387 e. The summed E-state index contributed by atoms with van der Waals surface area (Å²) in [6.45, 7) is 0.759. The summed E-state index contributed by atoms with van der Waals surface area (Å²) in [4.78, 5) is 16.6. The molecule has 3 rings (SSSR count). The van der Waals surface area contributed by atoms with Gasteiger partial charge in [-0.2, -0.15) is 8.78 Å². The van der Waals surface area contributed by atoms with Gasteiger partial charge in [0.2, 0.25) is 0 Å². The quantitative estimate of drug-likeness (QED) is 0.788. The molecule has 0 aliphatic carbocycles. The Kier molecular flexibility index (Phi) is 6.06. The van der Waals surface area contributed by atoms with Gasteiger partial charge in [-0.3, -0.25) is 9.69 Å². The monoisotopic (exact) mass is 380 g/mol. The number of nitrogens with zero attached hydrogens (tertiary/aromatic N) is 2. The number of piperazine rings is 1. The van der Waals surface area contributed by atoms with Crippen LogP contribution in [-0.4, -0.2) is 48.5 Å². The lowest BCUT2D eigenvalue weighted by atomic mass is 10.1. The number of hydrogen-bond acceptors (Lipinski definition) is 3. The molecule has 26 heavy (non-hydrogen) atoms. The zero-order chi connectivity index (χ0) is 18.5. The molecule has 0 atom stereocenters. The van der Waals surface area contributed by atoms with Gasteiger partial charge in [0.05, 0.1) is 0 Å². The third-order valence-corrected chi connectivity index (χ3v) is 4.56. The van der Waals surface area contributed by atoms with Gasteiger partial charge in [-0.1, -0.05) is 23.7 Å². The minimum Gasteiger partial charge on any atom is -0.435 e. The minimum absolute atomic E-state index is 0.0457. The highest BCUT2D eigenvalue weighted by Gasteiger charge is 2.22. The van der Waals surface area contributed by atoms with Crippen molar-refractivity contribution in [2.75, 3.05) is 26.2 Å². The molecule has 1 fully saturated rings. The summed E-state index contributed by atoms with van der Waals surface area (Å²) < 4.78 is 28.6. The first-order valence-electron chi connectivity index (χ1n) is 8.32. The molecule has 0 radical (unpaired) electrons. The molecule has 1 saturated heterocycles. The molecular formula is C19H19ClF2N2O2. The van der Waals surface area contributed by atoms with Crippen molar-refractivity contribution < 1.29 is 18.3 Å². The largest absolute Gasteiger partial charge is 0.435 e. The maximum atomic E-state index is 12.5. The topological polar surface area (TPSA) is 32.8 Å². The van der Waals surface area contributed by atoms with E-state index in [9.17, 15) is 13.6 Å². The van der Waals surface area contributed by atoms with Crippen LogP contribution in [0.4, 0.5) is 8.78 Å². The van der Waals surface area contributed by atoms with E-state index in [1.807, 2.05) is 24.3 Å². The number of benzene rings is 2. The van der Waals surface area contributed by atoms with Crippen molar-refractivity contribution in [3.63, 3.8) is 0 Å². The van der Waals surface area contributed by atoms with E-state index in [2.05, 4.69) is 9.64 Å². The molecule has 1 heterocycles. The van der Waals surface area contributed by atoms with Gasteiger partial charge in [-0.05, 0) is 42.0 Å². The van der Waals surface area contributed by atoms with Crippen molar-refractivity contribution in [2.45, 2.75) is 13.2 Å². The van der Waals surface area contributed by atoms with Gasteiger partial charge in [-0.15, -0.1) is 0 Å². The van der Waals surface area contributed by atoms with Crippen molar-refractivity contribution in [3.05, 3.63) is 64.7 Å². The van der Waals surface area contributed by atoms with E-state index in [1.165, 1.54) is 29.8 Å². The van der Waals surface area contributed by atoms with Crippen LogP contribution in [-0.2, 0) is 6.54 Å². The first kappa shape index (κ1) is 18.6. The minimum atomic E-state index is -2.87. The Morgan fingerprint density at radius 1 is 1.00 bits per heavy atom. The second-order valence-electron chi connectivity index (χ2n) is 6.10. The fourth-order valence-corrected chi connectivity index (χ4v) is 3.04. The van der Waals surface area contributed by atoms with Crippen LogP contribution in [0.3, 0.4) is 0 Å². The Morgan fingerprint density at radius 2 is 1.62 bits per heavy atom. The Morgan fingerprint density at radius 3 is 2.19 bits per heavy atom. The third kappa shape index (κ3) is 4.93. The van der Waals surface area contributed by atoms with Crippen LogP contribution < -0.4 is 4.74 Å². The summed E-state index contributed by atoms with van der Waals surface area (Å²) in [5, 5.41) is 0.717. The molecule has 4 nitrogen and oxygen atoms in total. The predicted octanol–water partition coefficient (Wildman–Crippen LogP) is 3.90. The maximum absolute atomic E-state index is 12.5. The van der Waals surface area contributed by atoms with Gasteiger partial charge in [0.15, 0.2) is 0 Å². The van der Waals surface area contributed by atoms with E-state index in [1.54, 1.807) is 4.90 Å². The molecule has 2 aromatic rings. The van der Waals surface area contributed by atoms with Crippen molar-refractivity contribution in [1.82, 2.24) is 9.80 Å². The lowest BCUT2D eigenvalue weighted by Gasteiger charge is -2.34. The van der Waals surface area contributed by atoms with Gasteiger partial charge >= 0.3 is 6.61 Å². The van der Waals surface area contributed by atoms with Crippen molar-refractivity contribution in [3.8, 4) is 5.75 Å². The summed E-state index contributed by atoms with van der Waals surface area (Å²) in [5.74, 6) is -0.0518. The van der Waals surface area contributed by atoms with E-state index >= 15 is 0 Å². The average molecular weight is 381 g/mol. The Labute approximate surface area is 155 Å². The summed E-state index contributed by atoms with van der Waals surface area (Å²) in [5.41, 5.74) is 1.65. The van der Waals surface area contributed by atoms with Crippen LogP contribution in [0, 0.1) is 0 Å². The molecule has 0 saturated carbocycles. The molecule has 0 unspecified atom stereocenters. The molecule has 7 heteroatoms. The van der Waals surface area contributed by atoms with Crippen LogP contribution in [0.15, 0.2) is 48.5 Å². The molecule has 138 valence electrons. The summed E-state index contributed by atoms with van der Waals surface area (Å²) in [7, 11) is 0. The number of hydrogen-bond donors (Lipinski definition) is 0. The second kappa shape index (κ2) is 8.47. The molecular weight excluding hydrogens is 362 g/mol. The Hall–Kier alpha value is -2.18. The SMILES string of the molecule is O=C(c1ccc(OC(F)F)cc1)N1CCN(Cc2ccc(Cl)cc2)CC1. The molecule has 0 N–H and O–H groups in total. The number of halogens is 3. The predicted molar refractivity (Wildman–Crippen MR) is 95.7 cm³/mol. The summed E-state index contributed by atoms with van der Waals surface area (Å²) in [6, 6.07) is 13.6. The summed E-state index contributed by atoms with van der Waals surface area (Å²) in [6.07, 6.45) is 0. The van der Waals surface area contributed by atoms with Gasteiger partial charge < -0.3 is 9.64 Å². The highest BCUT2D eigenvalue weighted by atomic mass is 35.5. The van der Waals surface area contributed by atoms with E-state index < -0.39 is 6.61 Å². The van der Waals surface area contributed by atoms with E-state index in [-0.39, 0.29) is 11.7 Å². The van der Waals surface area contributed by atoms with E-state index in [0.29, 0.717) is 23.7 Å². The number of carbonyl (C=O) groups is 1. The van der Waals surface area contributed by atoms with Gasteiger partial charge in [-0.25, -0.2) is 0 Å². The van der Waals surface area contributed by atoms with E-state index in [0.717, 1.165) is 19.6 Å². The third-order valence-electron chi connectivity index (χ3n) is 4.31. The fraction of sp³-hybridized carbons (Fsp3) is 0.316. The standard InChI is InChI=1S/C19H19ClF2N2O2/c20-16-5-1-14(2-6-16)13-23-9-11-24(12-10-23)18(25)15-3-7-17(8-4-15)26-19(21)22/h1-8,19H,9-13H2. The van der Waals surface area contributed by atoms with E-state index in [4.69, 9.17) is 11.6 Å². The highest BCUT2D eigenvalue weighted by Crippen LogP contribution is 2.17. The number of carbonyl (C=O) groups excluding carboxylic acids is 1. The first-order valence-corrected chi connectivity index (χ1v) is 8.70. The number of ether oxygens (including phenoxy) is 1. The smallest absolute Gasteiger partial charge is 0.387 e. The first-order chi connectivity index (χ1) is 12.5. The normalized spacial score (nSPS) is 15.3. The molecule has 1 aliphatic rings. The Bertz CT molecular complexity index is 730. The van der Waals surface area contributed by atoms with Crippen LogP contribution in [0.2, 0.25) is 5.02 Å². The number of alkyl halides is 2. The number of rotatable bonds is 5. The van der Waals surface area contributed by atoms with Crippen LogP contribution >= 0.6 is 11.6 Å². The molecule has 2 aromatic carbocycles. The Balaban J connectivity index is 1.52. The zero-order valence-corrected chi connectivity index (χ0v) is 14.8. The van der Waals surface area contributed by atoms with Gasteiger partial charge in [0, 0.05) is 43.3 Å². The summed E-state index contributed by atoms with van der Waals surface area (Å²) >= 11 is 5.90. The van der Waals surface area contributed by atoms with Crippen LogP contribution in [0.25, 0.3) is 0 Å².